The fourth-order valence-corrected chi connectivity index (χ4v) is 0. The summed E-state index contributed by atoms with van der Waals surface area (Å²) in [6.45, 7) is 0. The van der Waals surface area contributed by atoms with Crippen molar-refractivity contribution in [1.29, 1.82) is 0 Å². The van der Waals surface area contributed by atoms with E-state index in [1.165, 1.54) is 0 Å². The molecule has 0 bridgehead atoms. The molecule has 0 saturated carbocycles. The zero-order valence-electron chi connectivity index (χ0n) is 1.89. The maximum Gasteiger partial charge on any atom is 3.00 e. The van der Waals surface area contributed by atoms with Gasteiger partial charge in [-0.05, 0) is 0 Å². The van der Waals surface area contributed by atoms with Gasteiger partial charge in [0, 0.05) is 0 Å². The summed E-state index contributed by atoms with van der Waals surface area (Å²) in [5.41, 5.74) is 0. The monoisotopic (exact) mass is 159 g/mol. The summed E-state index contributed by atoms with van der Waals surface area (Å²) in [4.78, 5) is 0. The minimum Gasteiger partial charge on any atom is -2.00 e. The van der Waals surface area contributed by atoms with Gasteiger partial charge in [0.15, 0.2) is 0 Å². The molecule has 4 heavy (non-hydrogen) atoms. The molecule has 0 aromatic rings. The number of hydrogen-bond donors (Lipinski definition) is 0. The standard InChI is InChI=1S/FH.H2O.S.Y/h1H;1H2;;/q;;-2;+3. The molecule has 0 aliphatic carbocycles. The molecule has 0 unspecified atom stereocenters. The van der Waals surface area contributed by atoms with Gasteiger partial charge in [-0.25, -0.2) is 0 Å². The van der Waals surface area contributed by atoms with Crippen LogP contribution in [-0.2, 0) is 46.2 Å². The molecule has 4 heteroatoms. The van der Waals surface area contributed by atoms with Crippen molar-refractivity contribution in [3.05, 3.63) is 0 Å². The Morgan fingerprint density at radius 2 is 1.00 bits per heavy atom. The summed E-state index contributed by atoms with van der Waals surface area (Å²) in [6.07, 6.45) is 0. The zero-order chi connectivity index (χ0) is 0. The van der Waals surface area contributed by atoms with Crippen molar-refractivity contribution in [3.63, 3.8) is 0 Å². The van der Waals surface area contributed by atoms with E-state index in [1.54, 1.807) is 0 Å². The van der Waals surface area contributed by atoms with E-state index in [9.17, 15) is 0 Å². The van der Waals surface area contributed by atoms with E-state index in [1.807, 2.05) is 0 Å². The molecule has 1 nitrogen and oxygen atoms in total. The maximum absolute atomic E-state index is 0. The molecule has 0 aromatic heterocycles. The summed E-state index contributed by atoms with van der Waals surface area (Å²) in [6, 6.07) is 0. The Balaban J connectivity index is 0. The Hall–Kier alpha value is 1.34. The second kappa shape index (κ2) is 26.9. The third-order valence-corrected chi connectivity index (χ3v) is 0. The summed E-state index contributed by atoms with van der Waals surface area (Å²) >= 11 is 0. The van der Waals surface area contributed by atoms with Gasteiger partial charge in [0.2, 0.25) is 0 Å². The third-order valence-electron chi connectivity index (χ3n) is 0. The first-order chi connectivity index (χ1) is 0. The van der Waals surface area contributed by atoms with Crippen molar-refractivity contribution >= 4 is 13.5 Å². The van der Waals surface area contributed by atoms with Crippen molar-refractivity contribution < 1.29 is 42.9 Å². The quantitative estimate of drug-likeness (QED) is 0.448. The molecule has 0 amide bonds. The molecule has 24 valence electrons. The minimum atomic E-state index is 0. The van der Waals surface area contributed by atoms with Gasteiger partial charge in [0.1, 0.15) is 0 Å². The van der Waals surface area contributed by atoms with Crippen LogP contribution in [0.2, 0.25) is 0 Å². The Labute approximate surface area is 56.2 Å². The normalized spacial score (nSPS) is 0. The van der Waals surface area contributed by atoms with E-state index in [4.69, 9.17) is 0 Å². The topological polar surface area (TPSA) is 31.5 Å². The second-order valence-electron chi connectivity index (χ2n) is 0. The van der Waals surface area contributed by atoms with Gasteiger partial charge in [-0.1, -0.05) is 0 Å². The van der Waals surface area contributed by atoms with Crippen LogP contribution in [0.3, 0.4) is 0 Å². The van der Waals surface area contributed by atoms with E-state index in [0.717, 1.165) is 0 Å². The predicted molar refractivity (Wildman–Crippen MR) is 13.5 cm³/mol. The van der Waals surface area contributed by atoms with Crippen molar-refractivity contribution in [2.45, 2.75) is 0 Å². The Bertz CT molecular complexity index is 8.00. The minimum absolute atomic E-state index is 0. The van der Waals surface area contributed by atoms with E-state index in [0.29, 0.717) is 0 Å². The first-order valence-corrected chi connectivity index (χ1v) is 0. The van der Waals surface area contributed by atoms with Gasteiger partial charge in [-0.15, -0.1) is 0 Å². The Kier molecular flexibility index (Phi) is 375. The molecular formula is H3FOSY+. The van der Waals surface area contributed by atoms with Crippen molar-refractivity contribution in [3.8, 4) is 0 Å². The molecular weight excluding hydrogens is 156 g/mol. The van der Waals surface area contributed by atoms with Crippen LogP contribution in [0.15, 0.2) is 0 Å². The Morgan fingerprint density at radius 1 is 1.00 bits per heavy atom. The molecule has 0 atom stereocenters. The average Bonchev–Trinajstić information content (AvgIpc) is 0. The van der Waals surface area contributed by atoms with Crippen LogP contribution in [0, 0.1) is 0 Å². The SMILES string of the molecule is F.O.[S-2].[Y+3]. The molecule has 2 N–H and O–H groups in total. The van der Waals surface area contributed by atoms with Gasteiger partial charge in [0.05, 0.1) is 0 Å². The van der Waals surface area contributed by atoms with E-state index in [2.05, 4.69) is 0 Å². The first-order valence-electron chi connectivity index (χ1n) is 0. The van der Waals surface area contributed by atoms with Gasteiger partial charge in [-0.3, -0.25) is 4.70 Å². The summed E-state index contributed by atoms with van der Waals surface area (Å²) in [5.74, 6) is 0. The van der Waals surface area contributed by atoms with Crippen LogP contribution >= 0.6 is 0 Å². The largest absolute Gasteiger partial charge is 3.00 e. The predicted octanol–water partition coefficient (Wildman–Crippen LogP) is -0.677. The molecule has 0 fully saturated rings. The average molecular weight is 159 g/mol. The van der Waals surface area contributed by atoms with Crippen LogP contribution in [0.25, 0.3) is 0 Å². The smallest absolute Gasteiger partial charge is 2.00 e. The zero-order valence-corrected chi connectivity index (χ0v) is 5.55. The van der Waals surface area contributed by atoms with E-state index >= 15 is 0 Å². The van der Waals surface area contributed by atoms with Crippen molar-refractivity contribution in [2.75, 3.05) is 0 Å². The maximum atomic E-state index is 0. The Morgan fingerprint density at radius 3 is 1.00 bits per heavy atom. The number of rotatable bonds is 0. The fourth-order valence-electron chi connectivity index (χ4n) is 0. The fraction of sp³-hybridized carbons (Fsp3) is 0. The van der Waals surface area contributed by atoms with Crippen LogP contribution in [0.4, 0.5) is 4.70 Å². The van der Waals surface area contributed by atoms with Gasteiger partial charge >= 0.3 is 32.7 Å². The number of halogens is 1. The van der Waals surface area contributed by atoms with E-state index in [-0.39, 0.29) is 56.4 Å². The van der Waals surface area contributed by atoms with E-state index < -0.39 is 0 Å². The molecule has 0 radical (unpaired) electrons. The molecule has 0 heterocycles. The van der Waals surface area contributed by atoms with Gasteiger partial charge in [-0.2, -0.15) is 0 Å². The second-order valence-corrected chi connectivity index (χ2v) is 0. The van der Waals surface area contributed by atoms with Gasteiger partial charge in [0.25, 0.3) is 0 Å². The van der Waals surface area contributed by atoms with Crippen molar-refractivity contribution in [1.82, 2.24) is 0 Å². The van der Waals surface area contributed by atoms with Crippen LogP contribution in [0.5, 0.6) is 0 Å². The molecule has 0 spiro atoms. The molecule has 0 saturated heterocycles. The van der Waals surface area contributed by atoms with Crippen molar-refractivity contribution in [2.24, 2.45) is 0 Å². The van der Waals surface area contributed by atoms with Crippen LogP contribution < -0.4 is 0 Å². The summed E-state index contributed by atoms with van der Waals surface area (Å²) in [5, 5.41) is 0. The third kappa shape index (κ3) is 10.2. The molecule has 0 aliphatic rings. The van der Waals surface area contributed by atoms with Crippen LogP contribution in [0.1, 0.15) is 0 Å². The molecule has 0 aliphatic heterocycles. The van der Waals surface area contributed by atoms with Gasteiger partial charge < -0.3 is 19.0 Å². The molecule has 0 aromatic carbocycles. The number of hydrogen-bond acceptors (Lipinski definition) is 0. The summed E-state index contributed by atoms with van der Waals surface area (Å²) in [7, 11) is 0. The van der Waals surface area contributed by atoms with Crippen LogP contribution in [-0.4, -0.2) is 5.48 Å². The molecule has 0 rings (SSSR count). The summed E-state index contributed by atoms with van der Waals surface area (Å²) < 4.78 is 0. The first kappa shape index (κ1) is 55.8.